The lowest BCUT2D eigenvalue weighted by molar-refractivity contribution is -0.140. The lowest BCUT2D eigenvalue weighted by Crippen LogP contribution is -2.36. The molecule has 1 atom stereocenters. The van der Waals surface area contributed by atoms with Crippen LogP contribution in [0.3, 0.4) is 0 Å². The molecule has 1 N–H and O–H groups in total. The average molecular weight is 548 g/mol. The first-order chi connectivity index (χ1) is 18.1. The lowest BCUT2D eigenvalue weighted by Gasteiger charge is -2.24. The zero-order valence-corrected chi connectivity index (χ0v) is 22.0. The van der Waals surface area contributed by atoms with Gasteiger partial charge in [0.2, 0.25) is 5.91 Å². The molecule has 0 radical (unpaired) electrons. The quantitative estimate of drug-likeness (QED) is 0.417. The largest absolute Gasteiger partial charge is 0.444 e. The van der Waals surface area contributed by atoms with E-state index >= 15 is 0 Å². The summed E-state index contributed by atoms with van der Waals surface area (Å²) in [4.78, 5) is 40.1. The second-order valence-electron chi connectivity index (χ2n) is 10.7. The average Bonchev–Trinajstić information content (AvgIpc) is 3.29. The van der Waals surface area contributed by atoms with Crippen molar-refractivity contribution in [1.82, 2.24) is 9.47 Å². The molecular formula is C28H29F4N3O4. The zero-order chi connectivity index (χ0) is 28.7. The third-order valence-electron chi connectivity index (χ3n) is 6.50. The van der Waals surface area contributed by atoms with Gasteiger partial charge in [0.05, 0.1) is 23.7 Å². The number of aryl methyl sites for hydroxylation is 1. The Hall–Kier alpha value is -3.89. The molecule has 2 heterocycles. The number of anilines is 1. The number of likely N-dealkylation sites (tertiary alicyclic amines) is 1. The van der Waals surface area contributed by atoms with Crippen molar-refractivity contribution >= 4 is 28.5 Å². The van der Waals surface area contributed by atoms with Crippen molar-refractivity contribution in [2.75, 3.05) is 18.4 Å². The maximum absolute atomic E-state index is 13.9. The molecule has 208 valence electrons. The van der Waals surface area contributed by atoms with Crippen molar-refractivity contribution in [1.29, 1.82) is 0 Å². The number of ether oxygens (including phenoxy) is 1. The number of amides is 2. The smallest absolute Gasteiger partial charge is 0.419 e. The first kappa shape index (κ1) is 28.1. The topological polar surface area (TPSA) is 80.6 Å². The summed E-state index contributed by atoms with van der Waals surface area (Å²) < 4.78 is 59.4. The summed E-state index contributed by atoms with van der Waals surface area (Å²) in [6.07, 6.45) is -3.43. The zero-order valence-electron chi connectivity index (χ0n) is 22.0. The monoisotopic (exact) mass is 547 g/mol. The van der Waals surface area contributed by atoms with E-state index in [1.54, 1.807) is 61.6 Å². The lowest BCUT2D eigenvalue weighted by atomic mass is 10.0. The van der Waals surface area contributed by atoms with E-state index in [1.807, 2.05) is 0 Å². The maximum Gasteiger partial charge on any atom is 0.419 e. The predicted molar refractivity (Wildman–Crippen MR) is 138 cm³/mol. The number of alkyl halides is 3. The molecule has 1 unspecified atom stereocenters. The number of fused-ring (bicyclic) bond motifs is 1. The van der Waals surface area contributed by atoms with Gasteiger partial charge in [-0.15, -0.1) is 0 Å². The Morgan fingerprint density at radius 2 is 1.79 bits per heavy atom. The van der Waals surface area contributed by atoms with Gasteiger partial charge >= 0.3 is 12.3 Å². The van der Waals surface area contributed by atoms with Gasteiger partial charge < -0.3 is 19.5 Å². The number of halogens is 4. The van der Waals surface area contributed by atoms with Gasteiger partial charge in [-0.25, -0.2) is 9.18 Å². The maximum atomic E-state index is 13.9. The highest BCUT2D eigenvalue weighted by Crippen LogP contribution is 2.32. The number of hydrogen-bond donors (Lipinski definition) is 1. The fourth-order valence-corrected chi connectivity index (χ4v) is 4.63. The first-order valence-corrected chi connectivity index (χ1v) is 12.4. The molecule has 11 heteroatoms. The fraction of sp³-hybridized carbons (Fsp3) is 0.393. The molecule has 0 spiro atoms. The number of rotatable bonds is 4. The van der Waals surface area contributed by atoms with Crippen LogP contribution in [-0.4, -0.2) is 40.2 Å². The van der Waals surface area contributed by atoms with Crippen LogP contribution in [0.15, 0.2) is 47.4 Å². The number of hydrogen-bond acceptors (Lipinski definition) is 4. The van der Waals surface area contributed by atoms with Gasteiger partial charge in [0, 0.05) is 30.1 Å². The molecule has 1 saturated heterocycles. The van der Waals surface area contributed by atoms with Crippen LogP contribution >= 0.6 is 0 Å². The summed E-state index contributed by atoms with van der Waals surface area (Å²) in [5.74, 6) is -2.02. The molecule has 3 aromatic rings. The molecular weight excluding hydrogens is 518 g/mol. The molecule has 1 aliphatic heterocycles. The van der Waals surface area contributed by atoms with Gasteiger partial charge in [-0.3, -0.25) is 9.59 Å². The van der Waals surface area contributed by atoms with Crippen molar-refractivity contribution in [3.63, 3.8) is 0 Å². The molecule has 39 heavy (non-hydrogen) atoms. The van der Waals surface area contributed by atoms with Crippen molar-refractivity contribution in [3.05, 3.63) is 75.5 Å². The molecule has 2 aromatic carbocycles. The van der Waals surface area contributed by atoms with Gasteiger partial charge in [-0.05, 0) is 69.5 Å². The number of carbonyl (C=O) groups is 2. The van der Waals surface area contributed by atoms with Crippen LogP contribution in [0.1, 0.15) is 49.9 Å². The summed E-state index contributed by atoms with van der Waals surface area (Å²) >= 11 is 0. The van der Waals surface area contributed by atoms with E-state index in [0.29, 0.717) is 53.7 Å². The van der Waals surface area contributed by atoms with E-state index in [0.717, 1.165) is 6.07 Å². The molecule has 0 aliphatic carbocycles. The molecule has 2 amide bonds. The van der Waals surface area contributed by atoms with Crippen molar-refractivity contribution in [2.45, 2.75) is 58.4 Å². The molecule has 1 fully saturated rings. The Morgan fingerprint density at radius 3 is 2.44 bits per heavy atom. The SMILES string of the molecule is Cc1ccc2c(=O)n(C3CCN(C(=O)OC(C)(C)C)C3)ccc2c1NC(=O)Cc1ccc(C(F)(F)F)c(F)c1. The molecule has 1 aromatic heterocycles. The number of aromatic nitrogens is 1. The number of pyridine rings is 1. The van der Waals surface area contributed by atoms with E-state index < -0.39 is 35.2 Å². The highest BCUT2D eigenvalue weighted by Gasteiger charge is 2.34. The Labute approximate surface area is 222 Å². The van der Waals surface area contributed by atoms with Crippen LogP contribution in [-0.2, 0) is 22.1 Å². The highest BCUT2D eigenvalue weighted by atomic mass is 19.4. The summed E-state index contributed by atoms with van der Waals surface area (Å²) in [7, 11) is 0. The van der Waals surface area contributed by atoms with Crippen molar-refractivity contribution in [2.24, 2.45) is 0 Å². The predicted octanol–water partition coefficient (Wildman–Crippen LogP) is 5.83. The number of nitrogens with one attached hydrogen (secondary N) is 1. The van der Waals surface area contributed by atoms with Crippen molar-refractivity contribution in [3.8, 4) is 0 Å². The van der Waals surface area contributed by atoms with E-state index in [-0.39, 0.29) is 23.6 Å². The van der Waals surface area contributed by atoms with E-state index in [2.05, 4.69) is 5.32 Å². The Kier molecular flexibility index (Phi) is 7.46. The Morgan fingerprint density at radius 1 is 1.08 bits per heavy atom. The van der Waals surface area contributed by atoms with Gasteiger partial charge in [0.1, 0.15) is 11.4 Å². The van der Waals surface area contributed by atoms with E-state index in [9.17, 15) is 31.9 Å². The summed E-state index contributed by atoms with van der Waals surface area (Å²) in [5.41, 5.74) is -1.18. The van der Waals surface area contributed by atoms with Gasteiger partial charge in [0.25, 0.3) is 5.56 Å². The molecule has 0 bridgehead atoms. The van der Waals surface area contributed by atoms with E-state index in [4.69, 9.17) is 4.74 Å². The van der Waals surface area contributed by atoms with Gasteiger partial charge in [0.15, 0.2) is 0 Å². The van der Waals surface area contributed by atoms with Gasteiger partial charge in [-0.2, -0.15) is 13.2 Å². The number of benzene rings is 2. The molecule has 4 rings (SSSR count). The van der Waals surface area contributed by atoms with Crippen LogP contribution in [0.2, 0.25) is 0 Å². The summed E-state index contributed by atoms with van der Waals surface area (Å²) in [6.45, 7) is 7.86. The van der Waals surface area contributed by atoms with Crippen LogP contribution in [0.25, 0.3) is 10.8 Å². The minimum Gasteiger partial charge on any atom is -0.444 e. The standard InChI is InChI=1S/C28H29F4N3O4/c1-16-5-7-20-19(24(16)33-23(36)14-17-6-8-21(22(29)13-17)28(30,31)32)10-12-35(25(20)37)18-9-11-34(15-18)26(38)39-27(2,3)4/h5-8,10,12-13,18H,9,11,14-15H2,1-4H3,(H,33,36). The number of carbonyl (C=O) groups excluding carboxylic acids is 2. The summed E-state index contributed by atoms with van der Waals surface area (Å²) in [6, 6.07) is 7.16. The Bertz CT molecular complexity index is 1490. The minimum atomic E-state index is -4.83. The second-order valence-corrected chi connectivity index (χ2v) is 10.7. The third kappa shape index (κ3) is 6.23. The summed E-state index contributed by atoms with van der Waals surface area (Å²) in [5, 5.41) is 3.57. The second kappa shape index (κ2) is 10.3. The normalized spacial score (nSPS) is 16.0. The highest BCUT2D eigenvalue weighted by molar-refractivity contribution is 6.03. The third-order valence-corrected chi connectivity index (χ3v) is 6.50. The van der Waals surface area contributed by atoms with Crippen LogP contribution in [0.5, 0.6) is 0 Å². The van der Waals surface area contributed by atoms with E-state index in [1.165, 1.54) is 0 Å². The van der Waals surface area contributed by atoms with Crippen molar-refractivity contribution < 1.29 is 31.9 Å². The number of nitrogens with zero attached hydrogens (tertiary/aromatic N) is 2. The fourth-order valence-electron chi connectivity index (χ4n) is 4.63. The van der Waals surface area contributed by atoms with Crippen LogP contribution < -0.4 is 10.9 Å². The Balaban J connectivity index is 1.54. The van der Waals surface area contributed by atoms with Crippen LogP contribution in [0.4, 0.5) is 28.0 Å². The first-order valence-electron chi connectivity index (χ1n) is 12.4. The molecule has 1 aliphatic rings. The van der Waals surface area contributed by atoms with Crippen LogP contribution in [0, 0.1) is 12.7 Å². The minimum absolute atomic E-state index is 0.0778. The molecule has 7 nitrogen and oxygen atoms in total. The van der Waals surface area contributed by atoms with Gasteiger partial charge in [-0.1, -0.05) is 12.1 Å². The molecule has 0 saturated carbocycles.